The largest absolute Gasteiger partial charge is 0.388 e. The molecule has 2 aliphatic rings. The van der Waals surface area contributed by atoms with E-state index in [0.29, 0.717) is 12.5 Å². The van der Waals surface area contributed by atoms with Gasteiger partial charge in [-0.25, -0.2) is 0 Å². The molecule has 1 heterocycles. The van der Waals surface area contributed by atoms with Gasteiger partial charge in [0.15, 0.2) is 0 Å². The maximum Gasteiger partial charge on any atom is 0.224 e. The van der Waals surface area contributed by atoms with Crippen LogP contribution < -0.4 is 5.32 Å². The van der Waals surface area contributed by atoms with E-state index in [4.69, 9.17) is 0 Å². The standard InChI is InChI=1S/C16H27NO2S/c1-11(2)9-12-13(15(12,3)4)14(18)17-10-16(19)5-7-20-8-6-16/h9,12-13,19H,5-8,10H2,1-4H3,(H,17,18). The average molecular weight is 297 g/mol. The third-order valence-corrected chi connectivity index (χ3v) is 5.71. The van der Waals surface area contributed by atoms with E-state index in [0.717, 1.165) is 24.3 Å². The highest BCUT2D eigenvalue weighted by atomic mass is 32.2. The highest BCUT2D eigenvalue weighted by Gasteiger charge is 2.60. The Morgan fingerprint density at radius 1 is 1.35 bits per heavy atom. The molecule has 20 heavy (non-hydrogen) atoms. The second-order valence-corrected chi connectivity index (χ2v) is 8.35. The first-order valence-electron chi connectivity index (χ1n) is 7.49. The minimum Gasteiger partial charge on any atom is -0.388 e. The smallest absolute Gasteiger partial charge is 0.224 e. The number of hydrogen-bond donors (Lipinski definition) is 2. The summed E-state index contributed by atoms with van der Waals surface area (Å²) in [4.78, 5) is 12.3. The van der Waals surface area contributed by atoms with Crippen LogP contribution in [0.5, 0.6) is 0 Å². The molecule has 1 saturated carbocycles. The predicted octanol–water partition coefficient (Wildman–Crippen LogP) is 2.60. The molecule has 0 aromatic heterocycles. The van der Waals surface area contributed by atoms with Gasteiger partial charge in [0.05, 0.1) is 11.5 Å². The molecule has 1 aliphatic heterocycles. The number of carbonyl (C=O) groups is 1. The maximum atomic E-state index is 12.3. The summed E-state index contributed by atoms with van der Waals surface area (Å²) in [6.07, 6.45) is 3.77. The third-order valence-electron chi connectivity index (χ3n) is 4.72. The van der Waals surface area contributed by atoms with E-state index < -0.39 is 5.60 Å². The Hall–Kier alpha value is -0.480. The topological polar surface area (TPSA) is 49.3 Å². The van der Waals surface area contributed by atoms with Gasteiger partial charge in [0.2, 0.25) is 5.91 Å². The van der Waals surface area contributed by atoms with E-state index in [-0.39, 0.29) is 17.2 Å². The molecule has 2 unspecified atom stereocenters. The summed E-state index contributed by atoms with van der Waals surface area (Å²) in [7, 11) is 0. The Balaban J connectivity index is 1.88. The van der Waals surface area contributed by atoms with E-state index in [1.54, 1.807) is 0 Å². The average Bonchev–Trinajstić information content (AvgIpc) is 2.88. The monoisotopic (exact) mass is 297 g/mol. The maximum absolute atomic E-state index is 12.3. The molecule has 1 aliphatic carbocycles. The predicted molar refractivity (Wildman–Crippen MR) is 84.7 cm³/mol. The molecule has 0 aromatic rings. The van der Waals surface area contributed by atoms with Crippen molar-refractivity contribution in [1.29, 1.82) is 0 Å². The van der Waals surface area contributed by atoms with E-state index in [9.17, 15) is 9.90 Å². The van der Waals surface area contributed by atoms with Crippen LogP contribution in [0.4, 0.5) is 0 Å². The summed E-state index contributed by atoms with van der Waals surface area (Å²) in [5.74, 6) is 2.47. The normalized spacial score (nSPS) is 30.4. The first-order valence-corrected chi connectivity index (χ1v) is 8.65. The minimum absolute atomic E-state index is 0.0480. The molecule has 114 valence electrons. The van der Waals surface area contributed by atoms with Crippen LogP contribution in [-0.2, 0) is 4.79 Å². The van der Waals surface area contributed by atoms with Gasteiger partial charge in [-0.05, 0) is 49.5 Å². The van der Waals surface area contributed by atoms with Crippen LogP contribution in [0.3, 0.4) is 0 Å². The number of rotatable bonds is 4. The first kappa shape index (κ1) is 15.9. The number of thioether (sulfide) groups is 1. The van der Waals surface area contributed by atoms with Crippen LogP contribution in [0.15, 0.2) is 11.6 Å². The molecular weight excluding hydrogens is 270 g/mol. The van der Waals surface area contributed by atoms with Gasteiger partial charge in [-0.2, -0.15) is 11.8 Å². The number of hydrogen-bond acceptors (Lipinski definition) is 3. The number of allylic oxidation sites excluding steroid dienone is 2. The number of amides is 1. The minimum atomic E-state index is -0.689. The van der Waals surface area contributed by atoms with Crippen molar-refractivity contribution in [2.45, 2.75) is 46.1 Å². The SMILES string of the molecule is CC(C)=CC1C(C(=O)NCC2(O)CCSCC2)C1(C)C. The van der Waals surface area contributed by atoms with Gasteiger partial charge in [-0.3, -0.25) is 4.79 Å². The highest BCUT2D eigenvalue weighted by Crippen LogP contribution is 2.59. The van der Waals surface area contributed by atoms with Crippen molar-refractivity contribution >= 4 is 17.7 Å². The molecular formula is C16H27NO2S. The van der Waals surface area contributed by atoms with E-state index in [2.05, 4.69) is 39.1 Å². The van der Waals surface area contributed by atoms with Crippen molar-refractivity contribution in [2.75, 3.05) is 18.1 Å². The summed E-state index contributed by atoms with van der Waals surface area (Å²) in [6.45, 7) is 8.85. The Kier molecular flexibility index (Phi) is 4.55. The van der Waals surface area contributed by atoms with Crippen LogP contribution in [-0.4, -0.2) is 34.7 Å². The van der Waals surface area contributed by atoms with Crippen molar-refractivity contribution in [3.05, 3.63) is 11.6 Å². The zero-order chi connectivity index (χ0) is 15.0. The zero-order valence-electron chi connectivity index (χ0n) is 13.0. The van der Waals surface area contributed by atoms with E-state index in [1.807, 2.05) is 11.8 Å². The fourth-order valence-corrected chi connectivity index (χ4v) is 4.39. The lowest BCUT2D eigenvalue weighted by Gasteiger charge is -2.31. The second kappa shape index (κ2) is 5.72. The van der Waals surface area contributed by atoms with Gasteiger partial charge < -0.3 is 10.4 Å². The van der Waals surface area contributed by atoms with Crippen LogP contribution >= 0.6 is 11.8 Å². The van der Waals surface area contributed by atoms with Gasteiger partial charge in [0, 0.05) is 6.54 Å². The van der Waals surface area contributed by atoms with Crippen LogP contribution in [0.2, 0.25) is 0 Å². The summed E-state index contributed by atoms with van der Waals surface area (Å²) in [6, 6.07) is 0. The fraction of sp³-hybridized carbons (Fsp3) is 0.812. The molecule has 1 amide bonds. The van der Waals surface area contributed by atoms with Crippen molar-refractivity contribution in [3.63, 3.8) is 0 Å². The zero-order valence-corrected chi connectivity index (χ0v) is 13.8. The van der Waals surface area contributed by atoms with Crippen molar-refractivity contribution in [3.8, 4) is 0 Å². The van der Waals surface area contributed by atoms with E-state index in [1.165, 1.54) is 5.57 Å². The second-order valence-electron chi connectivity index (χ2n) is 7.12. The Morgan fingerprint density at radius 2 is 1.95 bits per heavy atom. The first-order chi connectivity index (χ1) is 9.26. The Labute approximate surface area is 126 Å². The molecule has 0 spiro atoms. The Morgan fingerprint density at radius 3 is 2.50 bits per heavy atom. The summed E-state index contributed by atoms with van der Waals surface area (Å²) in [5, 5.41) is 13.4. The lowest BCUT2D eigenvalue weighted by atomic mass is 9.96. The van der Waals surface area contributed by atoms with Gasteiger partial charge in [-0.15, -0.1) is 0 Å². The molecule has 3 nitrogen and oxygen atoms in total. The molecule has 2 atom stereocenters. The van der Waals surface area contributed by atoms with Gasteiger partial charge in [0.1, 0.15) is 0 Å². The fourth-order valence-electron chi connectivity index (χ4n) is 3.14. The molecule has 0 aromatic carbocycles. The van der Waals surface area contributed by atoms with Crippen LogP contribution in [0, 0.1) is 17.3 Å². The van der Waals surface area contributed by atoms with Crippen molar-refractivity contribution in [2.24, 2.45) is 17.3 Å². The van der Waals surface area contributed by atoms with Gasteiger partial charge in [-0.1, -0.05) is 25.5 Å². The molecule has 4 heteroatoms. The molecule has 2 N–H and O–H groups in total. The number of aliphatic hydroxyl groups is 1. The highest BCUT2D eigenvalue weighted by molar-refractivity contribution is 7.99. The number of carbonyl (C=O) groups excluding carboxylic acids is 1. The number of nitrogens with one attached hydrogen (secondary N) is 1. The van der Waals surface area contributed by atoms with Crippen LogP contribution in [0.1, 0.15) is 40.5 Å². The summed E-state index contributed by atoms with van der Waals surface area (Å²) < 4.78 is 0. The Bertz CT molecular complexity index is 407. The van der Waals surface area contributed by atoms with Crippen molar-refractivity contribution < 1.29 is 9.90 Å². The van der Waals surface area contributed by atoms with Crippen LogP contribution in [0.25, 0.3) is 0 Å². The lowest BCUT2D eigenvalue weighted by molar-refractivity contribution is -0.124. The van der Waals surface area contributed by atoms with Gasteiger partial charge >= 0.3 is 0 Å². The van der Waals surface area contributed by atoms with E-state index >= 15 is 0 Å². The molecule has 0 bridgehead atoms. The summed E-state index contributed by atoms with van der Waals surface area (Å²) in [5.41, 5.74) is 0.625. The molecule has 2 fully saturated rings. The molecule has 1 saturated heterocycles. The van der Waals surface area contributed by atoms with Crippen molar-refractivity contribution in [1.82, 2.24) is 5.32 Å². The molecule has 2 rings (SSSR count). The lowest BCUT2D eigenvalue weighted by Crippen LogP contribution is -2.46. The molecule has 0 radical (unpaired) electrons. The van der Waals surface area contributed by atoms with Gasteiger partial charge in [0.25, 0.3) is 0 Å². The quantitative estimate of drug-likeness (QED) is 0.784. The summed E-state index contributed by atoms with van der Waals surface area (Å²) >= 11 is 1.88. The third kappa shape index (κ3) is 3.40.